The molecule has 2 aliphatic rings. The Labute approximate surface area is 202 Å². The highest BCUT2D eigenvalue weighted by Crippen LogP contribution is 2.40. The highest BCUT2D eigenvalue weighted by atomic mass is 32.2. The number of ether oxygens (including phenoxy) is 3. The van der Waals surface area contributed by atoms with E-state index in [0.717, 1.165) is 24.4 Å². The Bertz CT molecular complexity index is 1400. The lowest BCUT2D eigenvalue weighted by Gasteiger charge is -2.36. The molecular formula is C25H23NO8S. The van der Waals surface area contributed by atoms with Crippen molar-refractivity contribution >= 4 is 27.7 Å². The second kappa shape index (κ2) is 9.03. The number of esters is 2. The summed E-state index contributed by atoms with van der Waals surface area (Å²) in [5.74, 6) is -2.45. The summed E-state index contributed by atoms with van der Waals surface area (Å²) in [7, 11) is -3.36. The fourth-order valence-electron chi connectivity index (χ4n) is 3.89. The standard InChI is InChI=1S/C25H23NO8S/c1-5-33-25(29)21-20(24(28)32-4)23-18(22(27)17-12-15(3)8-11-19(17)34-23)13-26(21)35(30,31)16-9-6-14(2)7-10-16/h6-13,23H,5H2,1-4H3. The second-order valence-electron chi connectivity index (χ2n) is 8.00. The summed E-state index contributed by atoms with van der Waals surface area (Å²) in [5, 5.41) is 0. The smallest absolute Gasteiger partial charge is 0.356 e. The van der Waals surface area contributed by atoms with Crippen molar-refractivity contribution in [3.05, 3.63) is 82.2 Å². The van der Waals surface area contributed by atoms with Gasteiger partial charge in [-0.1, -0.05) is 29.3 Å². The Kier molecular flexibility index (Phi) is 6.25. The summed E-state index contributed by atoms with van der Waals surface area (Å²) in [6.07, 6.45) is -0.347. The Morgan fingerprint density at radius 1 is 1.03 bits per heavy atom. The minimum Gasteiger partial charge on any atom is -0.480 e. The van der Waals surface area contributed by atoms with Crippen LogP contribution in [0.2, 0.25) is 0 Å². The first-order valence-corrected chi connectivity index (χ1v) is 12.2. The van der Waals surface area contributed by atoms with Crippen LogP contribution in [0.15, 0.2) is 70.4 Å². The molecule has 2 aromatic rings. The van der Waals surface area contributed by atoms with Gasteiger partial charge >= 0.3 is 11.9 Å². The number of methoxy groups -OCH3 is 1. The Hall–Kier alpha value is -3.92. The summed E-state index contributed by atoms with van der Waals surface area (Å²) < 4.78 is 43.9. The molecule has 0 N–H and O–H groups in total. The van der Waals surface area contributed by atoms with Gasteiger partial charge < -0.3 is 14.2 Å². The van der Waals surface area contributed by atoms with Crippen LogP contribution in [0.1, 0.15) is 28.4 Å². The third-order valence-corrected chi connectivity index (χ3v) is 7.29. The number of hydrogen-bond donors (Lipinski definition) is 0. The monoisotopic (exact) mass is 497 g/mol. The molecule has 0 fully saturated rings. The van der Waals surface area contributed by atoms with E-state index in [0.29, 0.717) is 4.31 Å². The lowest BCUT2D eigenvalue weighted by Crippen LogP contribution is -2.45. The van der Waals surface area contributed by atoms with Gasteiger partial charge in [0.1, 0.15) is 11.3 Å². The summed E-state index contributed by atoms with van der Waals surface area (Å²) >= 11 is 0. The lowest BCUT2D eigenvalue weighted by molar-refractivity contribution is -0.142. The van der Waals surface area contributed by atoms with E-state index >= 15 is 0 Å². The molecule has 1 atom stereocenters. The average molecular weight is 498 g/mol. The van der Waals surface area contributed by atoms with Crippen LogP contribution in [0.25, 0.3) is 0 Å². The fraction of sp³-hybridized carbons (Fsp3) is 0.240. The number of sulfonamides is 1. The highest BCUT2D eigenvalue weighted by molar-refractivity contribution is 7.89. The van der Waals surface area contributed by atoms with Crippen LogP contribution in [0, 0.1) is 13.8 Å². The number of Topliss-reactive ketones (excluding diaryl/α,β-unsaturated/α-hetero) is 1. The Balaban J connectivity index is 2.01. The number of nitrogens with zero attached hydrogens (tertiary/aromatic N) is 1. The molecule has 0 aliphatic carbocycles. The molecule has 0 aromatic heterocycles. The SMILES string of the molecule is CCOC(=O)C1=C(C(=O)OC)C2Oc3ccc(C)cc3C(=O)C2=CN1S(=O)(=O)c1ccc(C)cc1. The molecular weight excluding hydrogens is 474 g/mol. The molecule has 0 amide bonds. The molecule has 9 nitrogen and oxygen atoms in total. The molecule has 2 heterocycles. The van der Waals surface area contributed by atoms with Gasteiger partial charge in [0.25, 0.3) is 10.0 Å². The predicted molar refractivity (Wildman–Crippen MR) is 124 cm³/mol. The van der Waals surface area contributed by atoms with Gasteiger partial charge in [-0.25, -0.2) is 22.3 Å². The molecule has 0 bridgehead atoms. The van der Waals surface area contributed by atoms with Crippen molar-refractivity contribution in [2.24, 2.45) is 0 Å². The van der Waals surface area contributed by atoms with Crippen LogP contribution >= 0.6 is 0 Å². The summed E-state index contributed by atoms with van der Waals surface area (Å²) in [4.78, 5) is 39.3. The maximum atomic E-state index is 13.7. The first-order chi connectivity index (χ1) is 16.6. The van der Waals surface area contributed by atoms with Gasteiger partial charge in [-0.3, -0.25) is 4.79 Å². The molecule has 10 heteroatoms. The van der Waals surface area contributed by atoms with E-state index in [9.17, 15) is 22.8 Å². The van der Waals surface area contributed by atoms with E-state index in [2.05, 4.69) is 0 Å². The van der Waals surface area contributed by atoms with Crippen LogP contribution in [-0.4, -0.2) is 50.3 Å². The van der Waals surface area contributed by atoms with Crippen LogP contribution in [-0.2, 0) is 29.1 Å². The summed E-state index contributed by atoms with van der Waals surface area (Å²) in [6, 6.07) is 10.8. The first-order valence-electron chi connectivity index (χ1n) is 10.7. The molecule has 0 radical (unpaired) electrons. The molecule has 4 rings (SSSR count). The highest BCUT2D eigenvalue weighted by Gasteiger charge is 2.48. The van der Waals surface area contributed by atoms with Crippen molar-refractivity contribution in [2.75, 3.05) is 13.7 Å². The number of carbonyl (C=O) groups excluding carboxylic acids is 3. The largest absolute Gasteiger partial charge is 0.480 e. The van der Waals surface area contributed by atoms with Crippen molar-refractivity contribution in [3.8, 4) is 5.75 Å². The van der Waals surface area contributed by atoms with E-state index < -0.39 is 45.1 Å². The zero-order valence-electron chi connectivity index (χ0n) is 19.5. The fourth-order valence-corrected chi connectivity index (χ4v) is 5.26. The maximum Gasteiger partial charge on any atom is 0.356 e. The van der Waals surface area contributed by atoms with E-state index in [-0.39, 0.29) is 28.4 Å². The van der Waals surface area contributed by atoms with Crippen LogP contribution in [0.3, 0.4) is 0 Å². The number of hydrogen-bond acceptors (Lipinski definition) is 8. The zero-order valence-corrected chi connectivity index (χ0v) is 20.3. The number of aryl methyl sites for hydroxylation is 2. The van der Waals surface area contributed by atoms with E-state index in [1.54, 1.807) is 51.1 Å². The zero-order chi connectivity index (χ0) is 25.5. The molecule has 0 saturated carbocycles. The first kappa shape index (κ1) is 24.2. The molecule has 2 aliphatic heterocycles. The van der Waals surface area contributed by atoms with E-state index in [4.69, 9.17) is 14.2 Å². The average Bonchev–Trinajstić information content (AvgIpc) is 2.83. The molecule has 0 saturated heterocycles. The molecule has 1 unspecified atom stereocenters. The molecule has 35 heavy (non-hydrogen) atoms. The van der Waals surface area contributed by atoms with Gasteiger partial charge in [-0.05, 0) is 45.0 Å². The second-order valence-corrected chi connectivity index (χ2v) is 9.81. The number of ketones is 1. The van der Waals surface area contributed by atoms with E-state index in [1.165, 1.54) is 12.1 Å². The Morgan fingerprint density at radius 3 is 2.31 bits per heavy atom. The van der Waals surface area contributed by atoms with Crippen molar-refractivity contribution in [3.63, 3.8) is 0 Å². The summed E-state index contributed by atoms with van der Waals surface area (Å²) in [5.41, 5.74) is 0.641. The third-order valence-electron chi connectivity index (χ3n) is 5.62. The van der Waals surface area contributed by atoms with Crippen molar-refractivity contribution in [1.82, 2.24) is 4.31 Å². The topological polar surface area (TPSA) is 116 Å². The summed E-state index contributed by atoms with van der Waals surface area (Å²) in [6.45, 7) is 5.04. The normalized spacial score (nSPS) is 17.1. The predicted octanol–water partition coefficient (Wildman–Crippen LogP) is 2.83. The number of carbonyl (C=O) groups is 3. The van der Waals surface area contributed by atoms with Gasteiger partial charge in [0.2, 0.25) is 0 Å². The Morgan fingerprint density at radius 2 is 1.69 bits per heavy atom. The van der Waals surface area contributed by atoms with Gasteiger partial charge in [0, 0.05) is 6.20 Å². The molecule has 2 aromatic carbocycles. The molecule has 182 valence electrons. The van der Waals surface area contributed by atoms with Crippen LogP contribution in [0.5, 0.6) is 5.75 Å². The van der Waals surface area contributed by atoms with Crippen molar-refractivity contribution < 1.29 is 37.0 Å². The number of rotatable bonds is 5. The van der Waals surface area contributed by atoms with Gasteiger partial charge in [0.05, 0.1) is 29.7 Å². The minimum absolute atomic E-state index is 0.0850. The van der Waals surface area contributed by atoms with Crippen LogP contribution < -0.4 is 4.74 Å². The van der Waals surface area contributed by atoms with Crippen molar-refractivity contribution in [1.29, 1.82) is 0 Å². The third kappa shape index (κ3) is 4.10. The van der Waals surface area contributed by atoms with Gasteiger partial charge in [-0.15, -0.1) is 0 Å². The van der Waals surface area contributed by atoms with Gasteiger partial charge in [-0.2, -0.15) is 0 Å². The van der Waals surface area contributed by atoms with Gasteiger partial charge in [0.15, 0.2) is 17.6 Å². The maximum absolute atomic E-state index is 13.7. The number of fused-ring (bicyclic) bond motifs is 2. The minimum atomic E-state index is -4.44. The quantitative estimate of drug-likeness (QED) is 0.579. The lowest BCUT2D eigenvalue weighted by atomic mass is 9.88. The number of benzene rings is 2. The van der Waals surface area contributed by atoms with Crippen molar-refractivity contribution in [2.45, 2.75) is 31.8 Å². The molecule has 0 spiro atoms. The van der Waals surface area contributed by atoms with E-state index in [1.807, 2.05) is 0 Å². The van der Waals surface area contributed by atoms with Crippen LogP contribution in [0.4, 0.5) is 0 Å².